The Morgan fingerprint density at radius 1 is 1.10 bits per heavy atom. The molecule has 0 amide bonds. The van der Waals surface area contributed by atoms with Crippen molar-refractivity contribution in [3.05, 3.63) is 65.7 Å². The molecule has 2 aromatic rings. The second-order valence-corrected chi connectivity index (χ2v) is 5.67. The fraction of sp³-hybridized carbons (Fsp3) is 0.333. The van der Waals surface area contributed by atoms with Gasteiger partial charge in [-0.25, -0.2) is 0 Å². The Kier molecular flexibility index (Phi) is 3.75. The molecule has 2 N–H and O–H groups in total. The first kappa shape index (κ1) is 13.2. The van der Waals surface area contributed by atoms with Crippen molar-refractivity contribution in [3.8, 4) is 5.75 Å². The van der Waals surface area contributed by atoms with Gasteiger partial charge in [0, 0.05) is 18.0 Å². The standard InChI is InChI=1S/C18H21NO/c1-13(14-7-3-2-4-8-14)11-15-12-17(19)16-9-5-6-10-18(16)20-15/h2-10,13,15,17H,11-12,19H2,1H3/t13?,15?,17-/m0/s1. The van der Waals surface area contributed by atoms with Crippen molar-refractivity contribution in [1.82, 2.24) is 0 Å². The van der Waals surface area contributed by atoms with E-state index in [-0.39, 0.29) is 12.1 Å². The molecular weight excluding hydrogens is 246 g/mol. The van der Waals surface area contributed by atoms with E-state index in [1.165, 1.54) is 5.56 Å². The van der Waals surface area contributed by atoms with E-state index in [1.807, 2.05) is 18.2 Å². The topological polar surface area (TPSA) is 35.2 Å². The Morgan fingerprint density at radius 3 is 2.60 bits per heavy atom. The van der Waals surface area contributed by atoms with Gasteiger partial charge in [0.25, 0.3) is 0 Å². The van der Waals surface area contributed by atoms with E-state index in [2.05, 4.69) is 43.3 Å². The molecule has 0 spiro atoms. The first-order valence-corrected chi connectivity index (χ1v) is 7.30. The van der Waals surface area contributed by atoms with Gasteiger partial charge in [0.05, 0.1) is 0 Å². The van der Waals surface area contributed by atoms with Crippen molar-refractivity contribution >= 4 is 0 Å². The van der Waals surface area contributed by atoms with E-state index < -0.39 is 0 Å². The lowest BCUT2D eigenvalue weighted by Gasteiger charge is -2.31. The zero-order valence-electron chi connectivity index (χ0n) is 11.8. The molecule has 0 aliphatic carbocycles. The zero-order valence-corrected chi connectivity index (χ0v) is 11.8. The molecular formula is C18H21NO. The maximum absolute atomic E-state index is 6.27. The largest absolute Gasteiger partial charge is 0.490 e. The van der Waals surface area contributed by atoms with Crippen molar-refractivity contribution in [1.29, 1.82) is 0 Å². The lowest BCUT2D eigenvalue weighted by atomic mass is 9.89. The van der Waals surface area contributed by atoms with Gasteiger partial charge in [0.1, 0.15) is 11.9 Å². The summed E-state index contributed by atoms with van der Waals surface area (Å²) in [5, 5.41) is 0. The van der Waals surface area contributed by atoms with Crippen LogP contribution in [-0.2, 0) is 0 Å². The van der Waals surface area contributed by atoms with Crippen LogP contribution in [0.1, 0.15) is 42.9 Å². The molecule has 1 aliphatic heterocycles. The van der Waals surface area contributed by atoms with Gasteiger partial charge < -0.3 is 10.5 Å². The van der Waals surface area contributed by atoms with Crippen LogP contribution in [0.25, 0.3) is 0 Å². The molecule has 0 aromatic heterocycles. The number of nitrogens with two attached hydrogens (primary N) is 1. The van der Waals surface area contributed by atoms with Crippen LogP contribution in [0.2, 0.25) is 0 Å². The van der Waals surface area contributed by atoms with Gasteiger partial charge in [-0.1, -0.05) is 55.5 Å². The summed E-state index contributed by atoms with van der Waals surface area (Å²) in [5.74, 6) is 1.44. The molecule has 0 fully saturated rings. The van der Waals surface area contributed by atoms with Gasteiger partial charge in [0.2, 0.25) is 0 Å². The number of ether oxygens (including phenoxy) is 1. The van der Waals surface area contributed by atoms with E-state index in [1.54, 1.807) is 0 Å². The lowest BCUT2D eigenvalue weighted by Crippen LogP contribution is -2.30. The molecule has 1 heterocycles. The van der Waals surface area contributed by atoms with E-state index in [0.717, 1.165) is 24.2 Å². The summed E-state index contributed by atoms with van der Waals surface area (Å²) in [5.41, 5.74) is 8.77. The fourth-order valence-electron chi connectivity index (χ4n) is 2.99. The quantitative estimate of drug-likeness (QED) is 0.911. The van der Waals surface area contributed by atoms with Crippen molar-refractivity contribution in [2.45, 2.75) is 37.8 Å². The molecule has 0 saturated carbocycles. The van der Waals surface area contributed by atoms with Gasteiger partial charge in [-0.3, -0.25) is 0 Å². The Labute approximate surface area is 120 Å². The summed E-state index contributed by atoms with van der Waals surface area (Å²) in [4.78, 5) is 0. The molecule has 0 bridgehead atoms. The molecule has 2 aromatic carbocycles. The number of benzene rings is 2. The molecule has 104 valence electrons. The van der Waals surface area contributed by atoms with Crippen LogP contribution in [0.5, 0.6) is 5.75 Å². The number of hydrogen-bond acceptors (Lipinski definition) is 2. The number of fused-ring (bicyclic) bond motifs is 1. The van der Waals surface area contributed by atoms with Crippen LogP contribution in [0.4, 0.5) is 0 Å². The first-order valence-electron chi connectivity index (χ1n) is 7.30. The maximum Gasteiger partial charge on any atom is 0.124 e. The number of para-hydroxylation sites is 1. The third kappa shape index (κ3) is 2.70. The Morgan fingerprint density at radius 2 is 1.80 bits per heavy atom. The SMILES string of the molecule is CC(CC1C[C@H](N)c2ccccc2O1)c1ccccc1. The van der Waals surface area contributed by atoms with Gasteiger partial charge in [-0.2, -0.15) is 0 Å². The zero-order chi connectivity index (χ0) is 13.9. The van der Waals surface area contributed by atoms with Crippen LogP contribution < -0.4 is 10.5 Å². The maximum atomic E-state index is 6.27. The monoisotopic (exact) mass is 267 g/mol. The molecule has 2 unspecified atom stereocenters. The van der Waals surface area contributed by atoms with Crippen LogP contribution in [-0.4, -0.2) is 6.10 Å². The highest BCUT2D eigenvalue weighted by atomic mass is 16.5. The second-order valence-electron chi connectivity index (χ2n) is 5.67. The minimum atomic E-state index is 0.0907. The Hall–Kier alpha value is -1.80. The molecule has 3 rings (SSSR count). The van der Waals surface area contributed by atoms with E-state index >= 15 is 0 Å². The van der Waals surface area contributed by atoms with E-state index in [4.69, 9.17) is 10.5 Å². The molecule has 0 saturated heterocycles. The number of rotatable bonds is 3. The van der Waals surface area contributed by atoms with Crippen molar-refractivity contribution in [3.63, 3.8) is 0 Å². The summed E-state index contributed by atoms with van der Waals surface area (Å²) in [6.07, 6.45) is 2.11. The first-order chi connectivity index (χ1) is 9.74. The average Bonchev–Trinajstić information content (AvgIpc) is 2.48. The normalized spacial score (nSPS) is 22.7. The highest BCUT2D eigenvalue weighted by molar-refractivity contribution is 5.37. The van der Waals surface area contributed by atoms with Crippen molar-refractivity contribution in [2.75, 3.05) is 0 Å². The van der Waals surface area contributed by atoms with E-state index in [9.17, 15) is 0 Å². The van der Waals surface area contributed by atoms with Crippen molar-refractivity contribution < 1.29 is 4.74 Å². The molecule has 1 aliphatic rings. The predicted octanol–water partition coefficient (Wildman–Crippen LogP) is 4.03. The molecule has 20 heavy (non-hydrogen) atoms. The van der Waals surface area contributed by atoms with Crippen LogP contribution >= 0.6 is 0 Å². The lowest BCUT2D eigenvalue weighted by molar-refractivity contribution is 0.143. The third-order valence-corrected chi connectivity index (χ3v) is 4.11. The van der Waals surface area contributed by atoms with E-state index in [0.29, 0.717) is 5.92 Å². The highest BCUT2D eigenvalue weighted by Gasteiger charge is 2.26. The van der Waals surface area contributed by atoms with Crippen LogP contribution in [0.15, 0.2) is 54.6 Å². The summed E-state index contributed by atoms with van der Waals surface area (Å²) < 4.78 is 6.11. The fourth-order valence-corrected chi connectivity index (χ4v) is 2.99. The number of hydrogen-bond donors (Lipinski definition) is 1. The summed E-state index contributed by atoms with van der Waals surface area (Å²) >= 11 is 0. The van der Waals surface area contributed by atoms with Gasteiger partial charge in [0.15, 0.2) is 0 Å². The summed E-state index contributed by atoms with van der Waals surface area (Å²) in [6, 6.07) is 18.8. The predicted molar refractivity (Wildman–Crippen MR) is 81.9 cm³/mol. The third-order valence-electron chi connectivity index (χ3n) is 4.11. The second kappa shape index (κ2) is 5.68. The molecule has 0 radical (unpaired) electrons. The smallest absolute Gasteiger partial charge is 0.124 e. The van der Waals surface area contributed by atoms with Gasteiger partial charge >= 0.3 is 0 Å². The molecule has 3 atom stereocenters. The molecule has 2 heteroatoms. The van der Waals surface area contributed by atoms with Gasteiger partial charge in [-0.05, 0) is 24.0 Å². The van der Waals surface area contributed by atoms with Crippen molar-refractivity contribution in [2.24, 2.45) is 5.73 Å². The Bertz CT molecular complexity index is 567. The molecule has 2 nitrogen and oxygen atoms in total. The summed E-state index contributed by atoms with van der Waals surface area (Å²) in [7, 11) is 0. The minimum absolute atomic E-state index is 0.0907. The average molecular weight is 267 g/mol. The summed E-state index contributed by atoms with van der Waals surface area (Å²) in [6.45, 7) is 2.25. The van der Waals surface area contributed by atoms with Crippen LogP contribution in [0.3, 0.4) is 0 Å². The minimum Gasteiger partial charge on any atom is -0.490 e. The van der Waals surface area contributed by atoms with Crippen LogP contribution in [0, 0.1) is 0 Å². The Balaban J connectivity index is 1.71. The highest BCUT2D eigenvalue weighted by Crippen LogP contribution is 2.36. The van der Waals surface area contributed by atoms with Gasteiger partial charge in [-0.15, -0.1) is 0 Å².